The monoisotopic (exact) mass is 398 g/mol. The summed E-state index contributed by atoms with van der Waals surface area (Å²) in [5, 5.41) is 3.43. The molecule has 1 aliphatic rings. The van der Waals surface area contributed by atoms with E-state index in [1.165, 1.54) is 0 Å². The molecule has 5 rings (SSSR count). The quantitative estimate of drug-likeness (QED) is 0.409. The number of ether oxygens (including phenoxy) is 2. The number of Topliss-reactive ketones (excluding diaryl/α,β-unsaturated/α-hetero) is 1. The van der Waals surface area contributed by atoms with Crippen molar-refractivity contribution < 1.29 is 19.1 Å². The standard InChI is InChI=1S/C24H18N2O4/c1-26-18-10-6-5-9-17(18)21(22(26)15-7-3-2-4-8-15)23(27)24(28)25-16-11-12-19-20(13-16)30-14-29-19/h2-13H,14H2,1H3,(H,25,28). The molecule has 0 bridgehead atoms. The number of ketones is 1. The molecular weight excluding hydrogens is 380 g/mol. The second kappa shape index (κ2) is 7.08. The highest BCUT2D eigenvalue weighted by atomic mass is 16.7. The van der Waals surface area contributed by atoms with Gasteiger partial charge in [0.1, 0.15) is 0 Å². The Bertz CT molecular complexity index is 1290. The summed E-state index contributed by atoms with van der Waals surface area (Å²) in [4.78, 5) is 26.2. The molecule has 4 aromatic rings. The van der Waals surface area contributed by atoms with E-state index in [1.807, 2.05) is 66.2 Å². The number of fused-ring (bicyclic) bond motifs is 2. The van der Waals surface area contributed by atoms with Crippen molar-refractivity contribution in [3.63, 3.8) is 0 Å². The largest absolute Gasteiger partial charge is 0.454 e. The first-order chi connectivity index (χ1) is 14.6. The smallest absolute Gasteiger partial charge is 0.296 e. The van der Waals surface area contributed by atoms with Crippen LogP contribution in [0.2, 0.25) is 0 Å². The first-order valence-electron chi connectivity index (χ1n) is 9.51. The average Bonchev–Trinajstić information content (AvgIpc) is 3.36. The highest BCUT2D eigenvalue weighted by Crippen LogP contribution is 2.35. The van der Waals surface area contributed by atoms with Gasteiger partial charge in [0.15, 0.2) is 11.5 Å². The predicted molar refractivity (Wildman–Crippen MR) is 114 cm³/mol. The van der Waals surface area contributed by atoms with Gasteiger partial charge >= 0.3 is 0 Å². The van der Waals surface area contributed by atoms with Crippen LogP contribution in [0.15, 0.2) is 72.8 Å². The van der Waals surface area contributed by atoms with Crippen LogP contribution in [-0.4, -0.2) is 23.1 Å². The summed E-state index contributed by atoms with van der Waals surface area (Å²) in [6, 6.07) is 22.2. The van der Waals surface area contributed by atoms with Gasteiger partial charge in [0.25, 0.3) is 11.7 Å². The van der Waals surface area contributed by atoms with E-state index >= 15 is 0 Å². The summed E-state index contributed by atoms with van der Waals surface area (Å²) in [5.74, 6) is -0.152. The highest BCUT2D eigenvalue weighted by Gasteiger charge is 2.27. The van der Waals surface area contributed by atoms with Gasteiger partial charge in [-0.05, 0) is 23.8 Å². The number of hydrogen-bond acceptors (Lipinski definition) is 4. The van der Waals surface area contributed by atoms with Crippen LogP contribution < -0.4 is 14.8 Å². The average molecular weight is 398 g/mol. The SMILES string of the molecule is Cn1c(-c2ccccc2)c(C(=O)C(=O)Nc2ccc3c(c2)OCO3)c2ccccc21. The number of aromatic nitrogens is 1. The van der Waals surface area contributed by atoms with Crippen LogP contribution in [0.4, 0.5) is 5.69 Å². The maximum atomic E-state index is 13.3. The summed E-state index contributed by atoms with van der Waals surface area (Å²) in [5.41, 5.74) is 3.32. The fourth-order valence-electron chi connectivity index (χ4n) is 3.83. The topological polar surface area (TPSA) is 69.6 Å². The lowest BCUT2D eigenvalue weighted by molar-refractivity contribution is -0.112. The molecule has 1 aromatic heterocycles. The van der Waals surface area contributed by atoms with Crippen molar-refractivity contribution in [2.24, 2.45) is 7.05 Å². The molecule has 30 heavy (non-hydrogen) atoms. The van der Waals surface area contributed by atoms with Crippen LogP contribution in [0.25, 0.3) is 22.2 Å². The molecule has 148 valence electrons. The summed E-state index contributed by atoms with van der Waals surface area (Å²) in [6.07, 6.45) is 0. The van der Waals surface area contributed by atoms with Gasteiger partial charge in [0.2, 0.25) is 6.79 Å². The zero-order valence-corrected chi connectivity index (χ0v) is 16.2. The zero-order chi connectivity index (χ0) is 20.7. The summed E-state index contributed by atoms with van der Waals surface area (Å²) < 4.78 is 12.6. The van der Waals surface area contributed by atoms with Crippen LogP contribution in [0.5, 0.6) is 11.5 Å². The second-order valence-electron chi connectivity index (χ2n) is 7.02. The first kappa shape index (κ1) is 18.0. The Morgan fingerprint density at radius 2 is 1.63 bits per heavy atom. The molecule has 0 fully saturated rings. The highest BCUT2D eigenvalue weighted by molar-refractivity contribution is 6.49. The number of hydrogen-bond donors (Lipinski definition) is 1. The van der Waals surface area contributed by atoms with E-state index in [-0.39, 0.29) is 6.79 Å². The van der Waals surface area contributed by atoms with Crippen molar-refractivity contribution in [3.05, 3.63) is 78.4 Å². The van der Waals surface area contributed by atoms with Crippen molar-refractivity contribution in [2.75, 3.05) is 12.1 Å². The number of para-hydroxylation sites is 1. The molecule has 0 spiro atoms. The molecule has 6 heteroatoms. The lowest BCUT2D eigenvalue weighted by Gasteiger charge is -2.09. The van der Waals surface area contributed by atoms with E-state index in [1.54, 1.807) is 18.2 Å². The molecule has 1 aliphatic heterocycles. The van der Waals surface area contributed by atoms with Crippen LogP contribution in [0.1, 0.15) is 10.4 Å². The van der Waals surface area contributed by atoms with Crippen molar-refractivity contribution in [2.45, 2.75) is 0 Å². The maximum Gasteiger partial charge on any atom is 0.296 e. The molecule has 0 saturated carbocycles. The van der Waals surface area contributed by atoms with Crippen LogP contribution >= 0.6 is 0 Å². The van der Waals surface area contributed by atoms with Gasteiger partial charge in [-0.25, -0.2) is 0 Å². The van der Waals surface area contributed by atoms with Gasteiger partial charge in [-0.3, -0.25) is 9.59 Å². The molecule has 3 aromatic carbocycles. The number of nitrogens with one attached hydrogen (secondary N) is 1. The van der Waals surface area contributed by atoms with E-state index in [9.17, 15) is 9.59 Å². The van der Waals surface area contributed by atoms with Gasteiger partial charge in [-0.15, -0.1) is 0 Å². The number of benzene rings is 3. The van der Waals surface area contributed by atoms with Crippen LogP contribution in [-0.2, 0) is 11.8 Å². The molecular formula is C24H18N2O4. The first-order valence-corrected chi connectivity index (χ1v) is 9.51. The number of amides is 1. The van der Waals surface area contributed by atoms with Gasteiger partial charge < -0.3 is 19.4 Å². The lowest BCUT2D eigenvalue weighted by Crippen LogP contribution is -2.23. The van der Waals surface area contributed by atoms with Crippen molar-refractivity contribution in [1.29, 1.82) is 0 Å². The lowest BCUT2D eigenvalue weighted by atomic mass is 10.0. The number of rotatable bonds is 4. The summed E-state index contributed by atoms with van der Waals surface area (Å²) in [7, 11) is 1.90. The van der Waals surface area contributed by atoms with E-state index in [2.05, 4.69) is 5.32 Å². The molecule has 2 heterocycles. The van der Waals surface area contributed by atoms with Crippen molar-refractivity contribution in [1.82, 2.24) is 4.57 Å². The Hall–Kier alpha value is -4.06. The second-order valence-corrected chi connectivity index (χ2v) is 7.02. The zero-order valence-electron chi connectivity index (χ0n) is 16.2. The van der Waals surface area contributed by atoms with E-state index in [0.29, 0.717) is 28.4 Å². The summed E-state index contributed by atoms with van der Waals surface area (Å²) in [6.45, 7) is 0.141. The van der Waals surface area contributed by atoms with Gasteiger partial charge in [-0.2, -0.15) is 0 Å². The molecule has 0 unspecified atom stereocenters. The van der Waals surface area contributed by atoms with Gasteiger partial charge in [0.05, 0.1) is 11.3 Å². The van der Waals surface area contributed by atoms with Gasteiger partial charge in [0, 0.05) is 29.7 Å². The summed E-state index contributed by atoms with van der Waals surface area (Å²) >= 11 is 0. The number of nitrogens with zero attached hydrogens (tertiary/aromatic N) is 1. The Balaban J connectivity index is 1.57. The minimum Gasteiger partial charge on any atom is -0.454 e. The third kappa shape index (κ3) is 2.90. The maximum absolute atomic E-state index is 13.3. The number of anilines is 1. The Labute approximate surface area is 172 Å². The molecule has 0 saturated heterocycles. The normalized spacial score (nSPS) is 12.2. The Morgan fingerprint density at radius 3 is 2.47 bits per heavy atom. The van der Waals surface area contributed by atoms with E-state index in [4.69, 9.17) is 9.47 Å². The molecule has 0 aliphatic carbocycles. The predicted octanol–water partition coefficient (Wildman–Crippen LogP) is 4.40. The van der Waals surface area contributed by atoms with Crippen molar-refractivity contribution in [3.8, 4) is 22.8 Å². The third-order valence-corrected chi connectivity index (χ3v) is 5.22. The van der Waals surface area contributed by atoms with E-state index in [0.717, 1.165) is 16.5 Å². The molecule has 1 amide bonds. The number of aryl methyl sites for hydroxylation is 1. The number of carbonyl (C=O) groups is 2. The molecule has 0 atom stereocenters. The minimum absolute atomic E-state index is 0.141. The van der Waals surface area contributed by atoms with Crippen molar-refractivity contribution >= 4 is 28.3 Å². The minimum atomic E-state index is -0.706. The molecule has 6 nitrogen and oxygen atoms in total. The van der Waals surface area contributed by atoms with Gasteiger partial charge in [-0.1, -0.05) is 48.5 Å². The fourth-order valence-corrected chi connectivity index (χ4v) is 3.83. The molecule has 1 N–H and O–H groups in total. The molecule has 0 radical (unpaired) electrons. The van der Waals surface area contributed by atoms with Crippen LogP contribution in [0.3, 0.4) is 0 Å². The van der Waals surface area contributed by atoms with E-state index < -0.39 is 11.7 Å². The van der Waals surface area contributed by atoms with Crippen LogP contribution in [0, 0.1) is 0 Å². The Morgan fingerprint density at radius 1 is 0.900 bits per heavy atom. The third-order valence-electron chi connectivity index (χ3n) is 5.22. The fraction of sp³-hybridized carbons (Fsp3) is 0.0833. The number of carbonyl (C=O) groups excluding carboxylic acids is 2. The Kier molecular flexibility index (Phi) is 4.25.